The molecule has 0 amide bonds. The van der Waals surface area contributed by atoms with Crippen LogP contribution in [0.25, 0.3) is 10.9 Å². The van der Waals surface area contributed by atoms with E-state index in [0.29, 0.717) is 6.04 Å². The Morgan fingerprint density at radius 2 is 2.15 bits per heavy atom. The topological polar surface area (TPSA) is 46.2 Å². The molecule has 0 aliphatic heterocycles. The van der Waals surface area contributed by atoms with Crippen molar-refractivity contribution in [2.45, 2.75) is 19.5 Å². The molecule has 4 heteroatoms. The lowest BCUT2D eigenvalue weighted by molar-refractivity contribution is 0.198. The first-order chi connectivity index (χ1) is 9.81. The van der Waals surface area contributed by atoms with E-state index in [1.807, 2.05) is 12.3 Å². The van der Waals surface area contributed by atoms with Crippen LogP contribution in [0.2, 0.25) is 0 Å². The molecule has 0 saturated heterocycles. The fourth-order valence-corrected chi connectivity index (χ4v) is 2.17. The van der Waals surface area contributed by atoms with Gasteiger partial charge in [0, 0.05) is 44.4 Å². The highest BCUT2D eigenvalue weighted by molar-refractivity contribution is 5.81. The summed E-state index contributed by atoms with van der Waals surface area (Å²) in [5, 5.41) is 8.12. The molecule has 0 bridgehead atoms. The molecule has 0 fully saturated rings. The molecular weight excluding hydrogens is 250 g/mol. The molecule has 20 heavy (non-hydrogen) atoms. The van der Waals surface area contributed by atoms with Gasteiger partial charge in [-0.15, -0.1) is 0 Å². The lowest BCUT2D eigenvalue weighted by atomic mass is 10.1. The molecule has 0 aliphatic rings. The zero-order valence-electron chi connectivity index (χ0n) is 12.2. The highest BCUT2D eigenvalue weighted by Crippen LogP contribution is 2.16. The largest absolute Gasteiger partial charge is 0.383 e. The summed E-state index contributed by atoms with van der Waals surface area (Å²) < 4.78 is 5.01. The van der Waals surface area contributed by atoms with Gasteiger partial charge in [0.2, 0.25) is 0 Å². The number of rotatable bonds is 8. The fraction of sp³-hybridized carbons (Fsp3) is 0.438. The van der Waals surface area contributed by atoms with E-state index in [4.69, 9.17) is 4.74 Å². The summed E-state index contributed by atoms with van der Waals surface area (Å²) >= 11 is 0. The Kier molecular flexibility index (Phi) is 5.92. The van der Waals surface area contributed by atoms with Gasteiger partial charge in [-0.1, -0.05) is 18.2 Å². The van der Waals surface area contributed by atoms with E-state index in [-0.39, 0.29) is 0 Å². The van der Waals surface area contributed by atoms with Crippen molar-refractivity contribution in [2.24, 2.45) is 0 Å². The van der Waals surface area contributed by atoms with Crippen molar-refractivity contribution in [3.63, 3.8) is 0 Å². The van der Waals surface area contributed by atoms with E-state index >= 15 is 0 Å². The van der Waals surface area contributed by atoms with E-state index in [1.54, 1.807) is 7.11 Å². The van der Waals surface area contributed by atoms with Crippen LogP contribution < -0.4 is 10.6 Å². The number of nitrogens with one attached hydrogen (secondary N) is 2. The maximum atomic E-state index is 5.01. The average Bonchev–Trinajstić information content (AvgIpc) is 2.49. The summed E-state index contributed by atoms with van der Waals surface area (Å²) in [6.45, 7) is 5.62. The van der Waals surface area contributed by atoms with Crippen LogP contribution in [-0.2, 0) is 11.3 Å². The number of benzene rings is 1. The van der Waals surface area contributed by atoms with E-state index in [9.17, 15) is 0 Å². The highest BCUT2D eigenvalue weighted by Gasteiger charge is 2.04. The zero-order valence-corrected chi connectivity index (χ0v) is 12.2. The standard InChI is InChI=1S/C16H23N3O/c1-13(11-17-9-10-20-2)19-12-14-5-3-7-16-15(14)6-4-8-18-16/h3-8,13,17,19H,9-12H2,1-2H3. The molecule has 0 saturated carbocycles. The summed E-state index contributed by atoms with van der Waals surface area (Å²) in [4.78, 5) is 4.39. The molecular formula is C16H23N3O. The summed E-state index contributed by atoms with van der Waals surface area (Å²) in [5.74, 6) is 0. The maximum absolute atomic E-state index is 5.01. The van der Waals surface area contributed by atoms with Gasteiger partial charge in [0.05, 0.1) is 12.1 Å². The molecule has 1 atom stereocenters. The first-order valence-corrected chi connectivity index (χ1v) is 7.07. The predicted molar refractivity (Wildman–Crippen MR) is 82.8 cm³/mol. The fourth-order valence-electron chi connectivity index (χ4n) is 2.17. The van der Waals surface area contributed by atoms with Crippen molar-refractivity contribution < 1.29 is 4.74 Å². The zero-order chi connectivity index (χ0) is 14.2. The van der Waals surface area contributed by atoms with Crippen LogP contribution in [0.15, 0.2) is 36.5 Å². The smallest absolute Gasteiger partial charge is 0.0705 e. The molecule has 108 valence electrons. The van der Waals surface area contributed by atoms with Gasteiger partial charge in [-0.3, -0.25) is 4.98 Å². The minimum Gasteiger partial charge on any atom is -0.383 e. The van der Waals surface area contributed by atoms with Gasteiger partial charge < -0.3 is 15.4 Å². The van der Waals surface area contributed by atoms with Gasteiger partial charge in [-0.05, 0) is 24.6 Å². The molecule has 2 aromatic rings. The highest BCUT2D eigenvalue weighted by atomic mass is 16.5. The second-order valence-electron chi connectivity index (χ2n) is 4.97. The Balaban J connectivity index is 1.86. The van der Waals surface area contributed by atoms with Crippen LogP contribution in [0.3, 0.4) is 0 Å². The van der Waals surface area contributed by atoms with Crippen LogP contribution in [0, 0.1) is 0 Å². The molecule has 2 rings (SSSR count). The second-order valence-corrected chi connectivity index (χ2v) is 4.97. The van der Waals surface area contributed by atoms with Crippen molar-refractivity contribution in [2.75, 3.05) is 26.8 Å². The van der Waals surface area contributed by atoms with Crippen LogP contribution in [0.5, 0.6) is 0 Å². The van der Waals surface area contributed by atoms with Gasteiger partial charge in [0.25, 0.3) is 0 Å². The van der Waals surface area contributed by atoms with Gasteiger partial charge >= 0.3 is 0 Å². The summed E-state index contributed by atoms with van der Waals surface area (Å²) in [7, 11) is 1.72. The van der Waals surface area contributed by atoms with Gasteiger partial charge in [0.15, 0.2) is 0 Å². The molecule has 1 unspecified atom stereocenters. The molecule has 1 aromatic carbocycles. The number of ether oxygens (including phenoxy) is 1. The van der Waals surface area contributed by atoms with Crippen LogP contribution in [0.4, 0.5) is 0 Å². The third-order valence-electron chi connectivity index (χ3n) is 3.31. The maximum Gasteiger partial charge on any atom is 0.0705 e. The van der Waals surface area contributed by atoms with E-state index in [1.165, 1.54) is 10.9 Å². The molecule has 1 aromatic heterocycles. The lowest BCUT2D eigenvalue weighted by Gasteiger charge is -2.15. The number of hydrogen-bond donors (Lipinski definition) is 2. The van der Waals surface area contributed by atoms with Crippen LogP contribution in [0.1, 0.15) is 12.5 Å². The SMILES string of the molecule is COCCNCC(C)NCc1cccc2ncccc12. The van der Waals surface area contributed by atoms with Crippen molar-refractivity contribution in [1.82, 2.24) is 15.6 Å². The van der Waals surface area contributed by atoms with E-state index in [0.717, 1.165) is 31.8 Å². The number of hydrogen-bond acceptors (Lipinski definition) is 4. The normalized spacial score (nSPS) is 12.7. The van der Waals surface area contributed by atoms with E-state index < -0.39 is 0 Å². The first kappa shape index (κ1) is 14.9. The van der Waals surface area contributed by atoms with Crippen molar-refractivity contribution in [3.05, 3.63) is 42.1 Å². The minimum absolute atomic E-state index is 0.416. The van der Waals surface area contributed by atoms with Crippen molar-refractivity contribution in [1.29, 1.82) is 0 Å². The lowest BCUT2D eigenvalue weighted by Crippen LogP contribution is -2.37. The molecule has 1 heterocycles. The quantitative estimate of drug-likeness (QED) is 0.722. The number of pyridine rings is 1. The van der Waals surface area contributed by atoms with E-state index in [2.05, 4.69) is 46.8 Å². The first-order valence-electron chi connectivity index (χ1n) is 7.07. The Hall–Kier alpha value is -1.49. The van der Waals surface area contributed by atoms with Crippen LogP contribution in [-0.4, -0.2) is 37.8 Å². The summed E-state index contributed by atoms with van der Waals surface area (Å²) in [6, 6.07) is 10.8. The molecule has 0 spiro atoms. The third kappa shape index (κ3) is 4.27. The Bertz CT molecular complexity index is 525. The minimum atomic E-state index is 0.416. The van der Waals surface area contributed by atoms with Gasteiger partial charge in [-0.2, -0.15) is 0 Å². The van der Waals surface area contributed by atoms with Crippen molar-refractivity contribution >= 4 is 10.9 Å². The second kappa shape index (κ2) is 7.94. The summed E-state index contributed by atoms with van der Waals surface area (Å²) in [5.41, 5.74) is 2.34. The molecule has 0 radical (unpaired) electrons. The Morgan fingerprint density at radius 3 is 3.00 bits per heavy atom. The Labute approximate surface area is 120 Å². The van der Waals surface area contributed by atoms with Gasteiger partial charge in [-0.25, -0.2) is 0 Å². The monoisotopic (exact) mass is 273 g/mol. The predicted octanol–water partition coefficient (Wildman–Crippen LogP) is 1.95. The number of nitrogens with zero attached hydrogens (tertiary/aromatic N) is 1. The van der Waals surface area contributed by atoms with Gasteiger partial charge in [0.1, 0.15) is 0 Å². The average molecular weight is 273 g/mol. The number of fused-ring (bicyclic) bond motifs is 1. The summed E-state index contributed by atoms with van der Waals surface area (Å²) in [6.07, 6.45) is 1.84. The van der Waals surface area contributed by atoms with Crippen molar-refractivity contribution in [3.8, 4) is 0 Å². The molecule has 2 N–H and O–H groups in total. The molecule has 4 nitrogen and oxygen atoms in total. The van der Waals surface area contributed by atoms with Crippen LogP contribution >= 0.6 is 0 Å². The molecule has 0 aliphatic carbocycles. The third-order valence-corrected chi connectivity index (χ3v) is 3.31. The Morgan fingerprint density at radius 1 is 1.25 bits per heavy atom. The number of methoxy groups -OCH3 is 1. The number of aromatic nitrogens is 1.